The van der Waals surface area contributed by atoms with Crippen molar-refractivity contribution in [3.63, 3.8) is 0 Å². The van der Waals surface area contributed by atoms with E-state index in [0.717, 1.165) is 6.54 Å². The van der Waals surface area contributed by atoms with Gasteiger partial charge in [-0.1, -0.05) is 32.9 Å². The largest absolute Gasteiger partial charge is 0.379 e. The Hall–Kier alpha value is -0.860. The number of ether oxygens (including phenoxy) is 1. The highest BCUT2D eigenvalue weighted by Gasteiger charge is 2.26. The van der Waals surface area contributed by atoms with E-state index in [9.17, 15) is 0 Å². The number of benzene rings is 1. The summed E-state index contributed by atoms with van der Waals surface area (Å²) in [5.74, 6) is 0.482. The number of likely N-dealkylation sites (N-methyl/N-ethyl adjacent to an activating group) is 1. The Bertz CT molecular complexity index is 412. The number of aryl methyl sites for hydroxylation is 3. The van der Waals surface area contributed by atoms with Crippen LogP contribution in [0.1, 0.15) is 49.1 Å². The fourth-order valence-corrected chi connectivity index (χ4v) is 2.73. The van der Waals surface area contributed by atoms with E-state index in [1.807, 2.05) is 7.11 Å². The van der Waals surface area contributed by atoms with Crippen LogP contribution in [0, 0.1) is 26.7 Å². The van der Waals surface area contributed by atoms with Crippen LogP contribution < -0.4 is 5.32 Å². The van der Waals surface area contributed by atoms with E-state index in [1.54, 1.807) is 0 Å². The second kappa shape index (κ2) is 7.06. The molecule has 1 aromatic carbocycles. The molecular formula is C17H29NO. The second-order valence-electron chi connectivity index (χ2n) is 5.77. The highest BCUT2D eigenvalue weighted by molar-refractivity contribution is 5.38. The maximum absolute atomic E-state index is 5.74. The molecule has 2 heteroatoms. The number of hydrogen-bond acceptors (Lipinski definition) is 2. The molecule has 0 amide bonds. The van der Waals surface area contributed by atoms with Crippen LogP contribution >= 0.6 is 0 Å². The fraction of sp³-hybridized carbons (Fsp3) is 0.647. The third-order valence-corrected chi connectivity index (χ3v) is 3.90. The highest BCUT2D eigenvalue weighted by Crippen LogP contribution is 2.28. The number of hydrogen-bond donors (Lipinski definition) is 1. The van der Waals surface area contributed by atoms with Crippen LogP contribution in [0.4, 0.5) is 0 Å². The Morgan fingerprint density at radius 3 is 2.11 bits per heavy atom. The van der Waals surface area contributed by atoms with Crippen molar-refractivity contribution in [2.75, 3.05) is 13.7 Å². The minimum Gasteiger partial charge on any atom is -0.379 e. The van der Waals surface area contributed by atoms with Gasteiger partial charge in [0.15, 0.2) is 0 Å². The monoisotopic (exact) mass is 263 g/mol. The molecule has 2 nitrogen and oxygen atoms in total. The lowest BCUT2D eigenvalue weighted by molar-refractivity contribution is 0.0329. The summed E-state index contributed by atoms with van der Waals surface area (Å²) < 4.78 is 5.74. The molecule has 2 unspecified atom stereocenters. The van der Waals surface area contributed by atoms with Crippen LogP contribution in [0.25, 0.3) is 0 Å². The molecule has 0 radical (unpaired) electrons. The van der Waals surface area contributed by atoms with Gasteiger partial charge in [0.05, 0.1) is 12.1 Å². The Morgan fingerprint density at radius 2 is 1.63 bits per heavy atom. The molecule has 0 aliphatic carbocycles. The molecule has 0 spiro atoms. The van der Waals surface area contributed by atoms with Gasteiger partial charge in [-0.2, -0.15) is 0 Å². The summed E-state index contributed by atoms with van der Waals surface area (Å²) in [6, 6.07) is 4.85. The van der Waals surface area contributed by atoms with Gasteiger partial charge < -0.3 is 10.1 Å². The molecule has 1 N–H and O–H groups in total. The predicted molar refractivity (Wildman–Crippen MR) is 82.7 cm³/mol. The van der Waals surface area contributed by atoms with Crippen molar-refractivity contribution in [3.8, 4) is 0 Å². The molecule has 0 heterocycles. The molecule has 1 aromatic rings. The highest BCUT2D eigenvalue weighted by atomic mass is 16.5. The van der Waals surface area contributed by atoms with E-state index in [4.69, 9.17) is 4.74 Å². The second-order valence-corrected chi connectivity index (χ2v) is 5.77. The first-order chi connectivity index (χ1) is 8.92. The van der Waals surface area contributed by atoms with E-state index >= 15 is 0 Å². The van der Waals surface area contributed by atoms with Gasteiger partial charge in [-0.15, -0.1) is 0 Å². The first-order valence-corrected chi connectivity index (χ1v) is 7.26. The van der Waals surface area contributed by atoms with Gasteiger partial charge in [0.1, 0.15) is 0 Å². The summed E-state index contributed by atoms with van der Waals surface area (Å²) in [7, 11) is 1.81. The summed E-state index contributed by atoms with van der Waals surface area (Å²) in [4.78, 5) is 0. The summed E-state index contributed by atoms with van der Waals surface area (Å²) >= 11 is 0. The molecule has 0 aliphatic rings. The molecule has 0 aromatic heterocycles. The molecule has 2 atom stereocenters. The quantitative estimate of drug-likeness (QED) is 0.839. The summed E-state index contributed by atoms with van der Waals surface area (Å²) in [5.41, 5.74) is 5.42. The first kappa shape index (κ1) is 16.2. The lowest BCUT2D eigenvalue weighted by Gasteiger charge is -2.31. The summed E-state index contributed by atoms with van der Waals surface area (Å²) in [5, 5.41) is 3.59. The number of rotatable bonds is 6. The maximum Gasteiger partial charge on any atom is 0.0788 e. The fourth-order valence-electron chi connectivity index (χ4n) is 2.73. The topological polar surface area (TPSA) is 21.3 Å². The van der Waals surface area contributed by atoms with Gasteiger partial charge in [0.2, 0.25) is 0 Å². The van der Waals surface area contributed by atoms with Crippen molar-refractivity contribution >= 4 is 0 Å². The van der Waals surface area contributed by atoms with Gasteiger partial charge in [-0.3, -0.25) is 0 Å². The smallest absolute Gasteiger partial charge is 0.0788 e. The molecule has 0 bridgehead atoms. The predicted octanol–water partition coefficient (Wildman–Crippen LogP) is 3.93. The number of nitrogens with one attached hydrogen (secondary N) is 1. The van der Waals surface area contributed by atoms with E-state index in [0.29, 0.717) is 5.92 Å². The van der Waals surface area contributed by atoms with E-state index in [1.165, 1.54) is 22.3 Å². The Kier molecular flexibility index (Phi) is 6.02. The van der Waals surface area contributed by atoms with Crippen molar-refractivity contribution in [1.82, 2.24) is 5.32 Å². The maximum atomic E-state index is 5.74. The minimum absolute atomic E-state index is 0.195. The molecular weight excluding hydrogens is 234 g/mol. The van der Waals surface area contributed by atoms with Gasteiger partial charge in [-0.05, 0) is 55.5 Å². The number of methoxy groups -OCH3 is 1. The van der Waals surface area contributed by atoms with Crippen LogP contribution in [0.2, 0.25) is 0 Å². The van der Waals surface area contributed by atoms with Crippen LogP contribution in [0.3, 0.4) is 0 Å². The molecule has 19 heavy (non-hydrogen) atoms. The van der Waals surface area contributed by atoms with Crippen molar-refractivity contribution in [1.29, 1.82) is 0 Å². The Balaban J connectivity index is 3.21. The average molecular weight is 263 g/mol. The molecule has 0 fully saturated rings. The summed E-state index contributed by atoms with van der Waals surface area (Å²) in [6.45, 7) is 14.1. The van der Waals surface area contributed by atoms with E-state index in [-0.39, 0.29) is 12.1 Å². The van der Waals surface area contributed by atoms with Crippen molar-refractivity contribution in [2.24, 2.45) is 5.92 Å². The van der Waals surface area contributed by atoms with Crippen molar-refractivity contribution in [3.05, 3.63) is 34.4 Å². The molecule has 0 saturated heterocycles. The van der Waals surface area contributed by atoms with Crippen LogP contribution in [-0.4, -0.2) is 19.8 Å². The zero-order valence-electron chi connectivity index (χ0n) is 13.5. The standard InChI is InChI=1S/C17H29NO/c1-8-18-16(17(19-7)11(2)3)15-10-13(5)12(4)9-14(15)6/h9-11,16-18H,8H2,1-7H3. The zero-order valence-corrected chi connectivity index (χ0v) is 13.5. The SMILES string of the molecule is CCNC(c1cc(C)c(C)cc1C)C(OC)C(C)C. The molecule has 0 saturated carbocycles. The van der Waals surface area contributed by atoms with Crippen molar-refractivity contribution in [2.45, 2.75) is 53.7 Å². The van der Waals surface area contributed by atoms with E-state index < -0.39 is 0 Å². The van der Waals surface area contributed by atoms with Gasteiger partial charge >= 0.3 is 0 Å². The van der Waals surface area contributed by atoms with Gasteiger partial charge in [0, 0.05) is 7.11 Å². The molecule has 108 valence electrons. The van der Waals surface area contributed by atoms with Crippen LogP contribution in [0.15, 0.2) is 12.1 Å². The normalized spacial score (nSPS) is 14.7. The van der Waals surface area contributed by atoms with E-state index in [2.05, 4.69) is 59.0 Å². The first-order valence-electron chi connectivity index (χ1n) is 7.26. The summed E-state index contributed by atoms with van der Waals surface area (Å²) in [6.07, 6.45) is 0.195. The zero-order chi connectivity index (χ0) is 14.6. The van der Waals surface area contributed by atoms with Gasteiger partial charge in [0.25, 0.3) is 0 Å². The Labute approximate surface area is 118 Å². The van der Waals surface area contributed by atoms with Crippen LogP contribution in [0.5, 0.6) is 0 Å². The van der Waals surface area contributed by atoms with Crippen molar-refractivity contribution < 1.29 is 4.74 Å². The molecule has 0 aliphatic heterocycles. The van der Waals surface area contributed by atoms with Crippen LogP contribution in [-0.2, 0) is 4.74 Å². The lowest BCUT2D eigenvalue weighted by atomic mass is 9.88. The lowest BCUT2D eigenvalue weighted by Crippen LogP contribution is -2.37. The molecule has 1 rings (SSSR count). The third kappa shape index (κ3) is 3.80. The Morgan fingerprint density at radius 1 is 1.05 bits per heavy atom. The third-order valence-electron chi connectivity index (χ3n) is 3.90. The van der Waals surface area contributed by atoms with Gasteiger partial charge in [-0.25, -0.2) is 0 Å². The average Bonchev–Trinajstić information content (AvgIpc) is 2.33. The minimum atomic E-state index is 0.195.